The van der Waals surface area contributed by atoms with Gasteiger partial charge in [0, 0.05) is 21.5 Å². The van der Waals surface area contributed by atoms with Gasteiger partial charge in [0.2, 0.25) is 0 Å². The average molecular weight is 432 g/mol. The van der Waals surface area contributed by atoms with Crippen LogP contribution >= 0.6 is 23.7 Å². The van der Waals surface area contributed by atoms with E-state index >= 15 is 0 Å². The van der Waals surface area contributed by atoms with Crippen LogP contribution < -0.4 is 9.47 Å². The second kappa shape index (κ2) is 10.9. The van der Waals surface area contributed by atoms with Crippen molar-refractivity contribution in [3.05, 3.63) is 53.4 Å². The topological polar surface area (TPSA) is 21.7 Å². The molecule has 0 aliphatic carbocycles. The quantitative estimate of drug-likeness (QED) is 0.385. The first kappa shape index (κ1) is 21.9. The molecule has 2 heterocycles. The molecule has 0 N–H and O–H groups in total. The summed E-state index contributed by atoms with van der Waals surface area (Å²) in [7, 11) is 0. The minimum atomic E-state index is 0. The number of ether oxygens (including phenoxy) is 2. The van der Waals surface area contributed by atoms with Crippen molar-refractivity contribution >= 4 is 33.8 Å². The summed E-state index contributed by atoms with van der Waals surface area (Å²) in [6.07, 6.45) is 6.18. The maximum atomic E-state index is 6.32. The SMILES string of the molecule is CCCc1sc2ccccc2c1Oc1ccc(OCCN2CCCCC2)cc1.Cl. The highest BCUT2D eigenvalue weighted by molar-refractivity contribution is 7.19. The van der Waals surface area contributed by atoms with Crippen LogP contribution in [0.4, 0.5) is 0 Å². The molecule has 0 saturated carbocycles. The largest absolute Gasteiger partial charge is 0.492 e. The van der Waals surface area contributed by atoms with E-state index in [4.69, 9.17) is 9.47 Å². The molecule has 5 heteroatoms. The van der Waals surface area contributed by atoms with E-state index < -0.39 is 0 Å². The van der Waals surface area contributed by atoms with E-state index in [2.05, 4.69) is 36.1 Å². The zero-order valence-corrected chi connectivity index (χ0v) is 18.7. The van der Waals surface area contributed by atoms with Gasteiger partial charge < -0.3 is 9.47 Å². The van der Waals surface area contributed by atoms with Gasteiger partial charge in [-0.1, -0.05) is 31.9 Å². The molecule has 1 aliphatic heterocycles. The minimum Gasteiger partial charge on any atom is -0.492 e. The van der Waals surface area contributed by atoms with Gasteiger partial charge in [-0.25, -0.2) is 0 Å². The monoisotopic (exact) mass is 431 g/mol. The number of halogens is 1. The average Bonchev–Trinajstić information content (AvgIpc) is 3.08. The van der Waals surface area contributed by atoms with Gasteiger partial charge in [0.05, 0.1) is 0 Å². The predicted octanol–water partition coefficient (Wildman–Crippen LogP) is 6.93. The summed E-state index contributed by atoms with van der Waals surface area (Å²) < 4.78 is 13.5. The molecule has 156 valence electrons. The van der Waals surface area contributed by atoms with Crippen LogP contribution in [0.3, 0.4) is 0 Å². The van der Waals surface area contributed by atoms with Crippen molar-refractivity contribution in [3.8, 4) is 17.2 Å². The Hall–Kier alpha value is -1.75. The first-order chi connectivity index (χ1) is 13.8. The van der Waals surface area contributed by atoms with Gasteiger partial charge in [0.1, 0.15) is 23.9 Å². The molecule has 0 bridgehead atoms. The summed E-state index contributed by atoms with van der Waals surface area (Å²) in [6, 6.07) is 16.5. The van der Waals surface area contributed by atoms with Crippen molar-refractivity contribution in [1.82, 2.24) is 4.90 Å². The Morgan fingerprint density at radius 3 is 2.41 bits per heavy atom. The van der Waals surface area contributed by atoms with Crippen LogP contribution in [0.1, 0.15) is 37.5 Å². The fourth-order valence-electron chi connectivity index (χ4n) is 3.77. The van der Waals surface area contributed by atoms with Crippen LogP contribution in [-0.2, 0) is 6.42 Å². The van der Waals surface area contributed by atoms with Crippen LogP contribution in [-0.4, -0.2) is 31.1 Å². The van der Waals surface area contributed by atoms with Crippen LogP contribution in [0.5, 0.6) is 17.2 Å². The number of piperidine rings is 1. The number of hydrogen-bond acceptors (Lipinski definition) is 4. The molecule has 3 aromatic rings. The Labute approximate surface area is 184 Å². The number of hydrogen-bond donors (Lipinski definition) is 0. The Morgan fingerprint density at radius 1 is 0.931 bits per heavy atom. The highest BCUT2D eigenvalue weighted by Crippen LogP contribution is 2.41. The molecule has 0 radical (unpaired) electrons. The van der Waals surface area contributed by atoms with Crippen LogP contribution in [0.2, 0.25) is 0 Å². The number of aryl methyl sites for hydroxylation is 1. The van der Waals surface area contributed by atoms with Crippen molar-refractivity contribution in [2.75, 3.05) is 26.2 Å². The van der Waals surface area contributed by atoms with E-state index in [1.54, 1.807) is 0 Å². The Balaban J connectivity index is 0.00000240. The molecule has 0 atom stereocenters. The summed E-state index contributed by atoms with van der Waals surface area (Å²) in [5.41, 5.74) is 0. The lowest BCUT2D eigenvalue weighted by Crippen LogP contribution is -2.33. The molecule has 29 heavy (non-hydrogen) atoms. The molecule has 1 fully saturated rings. The minimum absolute atomic E-state index is 0. The van der Waals surface area contributed by atoms with Gasteiger partial charge in [0.15, 0.2) is 0 Å². The third kappa shape index (κ3) is 5.65. The molecular weight excluding hydrogens is 402 g/mol. The summed E-state index contributed by atoms with van der Waals surface area (Å²) in [4.78, 5) is 3.82. The Kier molecular flexibility index (Phi) is 8.22. The maximum absolute atomic E-state index is 6.32. The van der Waals surface area contributed by atoms with Crippen LogP contribution in [0.25, 0.3) is 10.1 Å². The van der Waals surface area contributed by atoms with E-state index in [1.807, 2.05) is 35.6 Å². The second-order valence-electron chi connectivity index (χ2n) is 7.42. The van der Waals surface area contributed by atoms with Gasteiger partial charge in [-0.05, 0) is 68.8 Å². The molecule has 0 amide bonds. The third-order valence-corrected chi connectivity index (χ3v) is 6.48. The number of fused-ring (bicyclic) bond motifs is 1. The van der Waals surface area contributed by atoms with Crippen molar-refractivity contribution in [2.45, 2.75) is 39.0 Å². The third-order valence-electron chi connectivity index (χ3n) is 5.26. The Bertz CT molecular complexity index is 888. The predicted molar refractivity (Wildman–Crippen MR) is 125 cm³/mol. The first-order valence-electron chi connectivity index (χ1n) is 10.5. The molecule has 3 nitrogen and oxygen atoms in total. The summed E-state index contributed by atoms with van der Waals surface area (Å²) in [5.74, 6) is 2.79. The molecule has 1 aliphatic rings. The molecule has 1 saturated heterocycles. The highest BCUT2D eigenvalue weighted by Gasteiger charge is 2.14. The smallest absolute Gasteiger partial charge is 0.149 e. The first-order valence-corrected chi connectivity index (χ1v) is 11.3. The molecular formula is C24H30ClNO2S. The van der Waals surface area contributed by atoms with Crippen LogP contribution in [0.15, 0.2) is 48.5 Å². The number of rotatable bonds is 8. The van der Waals surface area contributed by atoms with Crippen molar-refractivity contribution in [1.29, 1.82) is 0 Å². The van der Waals surface area contributed by atoms with Gasteiger partial charge in [-0.2, -0.15) is 0 Å². The van der Waals surface area contributed by atoms with E-state index in [0.29, 0.717) is 0 Å². The zero-order chi connectivity index (χ0) is 19.2. The normalized spacial score (nSPS) is 14.5. The molecule has 2 aromatic carbocycles. The van der Waals surface area contributed by atoms with Crippen molar-refractivity contribution < 1.29 is 9.47 Å². The molecule has 0 spiro atoms. The molecule has 4 rings (SSSR count). The van der Waals surface area contributed by atoms with Crippen molar-refractivity contribution in [3.63, 3.8) is 0 Å². The van der Waals surface area contributed by atoms with E-state index in [0.717, 1.165) is 43.2 Å². The summed E-state index contributed by atoms with van der Waals surface area (Å²) in [5, 5.41) is 1.21. The van der Waals surface area contributed by atoms with Crippen molar-refractivity contribution in [2.24, 2.45) is 0 Å². The maximum Gasteiger partial charge on any atom is 0.149 e. The fraction of sp³-hybridized carbons (Fsp3) is 0.417. The zero-order valence-electron chi connectivity index (χ0n) is 17.1. The van der Waals surface area contributed by atoms with Gasteiger partial charge in [-0.15, -0.1) is 23.7 Å². The lowest BCUT2D eigenvalue weighted by Gasteiger charge is -2.26. The van der Waals surface area contributed by atoms with E-state index in [1.165, 1.54) is 47.3 Å². The number of thiophene rings is 1. The Morgan fingerprint density at radius 2 is 1.66 bits per heavy atom. The number of benzene rings is 2. The lowest BCUT2D eigenvalue weighted by molar-refractivity contribution is 0.183. The standard InChI is InChI=1S/C24H29NO2S.ClH/c1-2-8-23-24(21-9-4-5-10-22(21)28-23)27-20-13-11-19(12-14-20)26-18-17-25-15-6-3-7-16-25;/h4-5,9-14H,2-3,6-8,15-18H2,1H3;1H. The highest BCUT2D eigenvalue weighted by atomic mass is 35.5. The van der Waals surface area contributed by atoms with Gasteiger partial charge in [-0.3, -0.25) is 4.90 Å². The van der Waals surface area contributed by atoms with Crippen LogP contribution in [0, 0.1) is 0 Å². The van der Waals surface area contributed by atoms with Gasteiger partial charge >= 0.3 is 0 Å². The van der Waals surface area contributed by atoms with E-state index in [9.17, 15) is 0 Å². The summed E-state index contributed by atoms with van der Waals surface area (Å²) in [6.45, 7) is 6.40. The lowest BCUT2D eigenvalue weighted by atomic mass is 10.1. The fourth-order valence-corrected chi connectivity index (χ4v) is 5.01. The molecule has 1 aromatic heterocycles. The number of nitrogens with zero attached hydrogens (tertiary/aromatic N) is 1. The van der Waals surface area contributed by atoms with Gasteiger partial charge in [0.25, 0.3) is 0 Å². The molecule has 0 unspecified atom stereocenters. The second-order valence-corrected chi connectivity index (χ2v) is 8.56. The summed E-state index contributed by atoms with van der Waals surface area (Å²) >= 11 is 1.84. The van der Waals surface area contributed by atoms with E-state index in [-0.39, 0.29) is 12.4 Å². The number of likely N-dealkylation sites (tertiary alicyclic amines) is 1.